The van der Waals surface area contributed by atoms with E-state index >= 15 is 0 Å². The van der Waals surface area contributed by atoms with Crippen molar-refractivity contribution in [1.82, 2.24) is 10.4 Å². The van der Waals surface area contributed by atoms with Crippen molar-refractivity contribution in [3.05, 3.63) is 51.1 Å². The van der Waals surface area contributed by atoms with Crippen LogP contribution in [0.25, 0.3) is 0 Å². The summed E-state index contributed by atoms with van der Waals surface area (Å²) in [4.78, 5) is 47.6. The lowest BCUT2D eigenvalue weighted by atomic mass is 9.85. The van der Waals surface area contributed by atoms with Crippen LogP contribution in [0.4, 0.5) is 5.69 Å². The molecular formula is C16H12ClN3O5. The molecule has 2 aliphatic carbocycles. The van der Waals surface area contributed by atoms with Gasteiger partial charge >= 0.3 is 0 Å². The van der Waals surface area contributed by atoms with Gasteiger partial charge in [0.2, 0.25) is 0 Å². The molecule has 1 N–H and O–H groups in total. The molecule has 1 aromatic carbocycles. The number of imide groups is 1. The molecule has 9 heteroatoms. The molecule has 1 aliphatic heterocycles. The lowest BCUT2D eigenvalue weighted by Crippen LogP contribution is -2.47. The van der Waals surface area contributed by atoms with E-state index in [0.717, 1.165) is 17.5 Å². The average Bonchev–Trinajstić information content (AvgIpc) is 3.24. The number of amides is 3. The minimum atomic E-state index is -0.776. The number of halogens is 1. The molecule has 1 heterocycles. The first kappa shape index (κ1) is 15.8. The number of benzene rings is 1. The molecule has 1 saturated heterocycles. The second-order valence-electron chi connectivity index (χ2n) is 6.38. The Morgan fingerprint density at radius 1 is 1.20 bits per heavy atom. The molecule has 1 saturated carbocycles. The van der Waals surface area contributed by atoms with Gasteiger partial charge in [-0.2, -0.15) is 5.01 Å². The quantitative estimate of drug-likeness (QED) is 0.381. The predicted octanol–water partition coefficient (Wildman–Crippen LogP) is 1.70. The van der Waals surface area contributed by atoms with Crippen molar-refractivity contribution < 1.29 is 19.3 Å². The van der Waals surface area contributed by atoms with Crippen LogP contribution in [0.1, 0.15) is 16.8 Å². The molecule has 3 amide bonds. The molecular weight excluding hydrogens is 350 g/mol. The summed E-state index contributed by atoms with van der Waals surface area (Å²) in [5.74, 6) is -2.42. The summed E-state index contributed by atoms with van der Waals surface area (Å²) in [6.07, 6.45) is 4.69. The standard InChI is InChI=1S/C16H12ClN3O5/c17-10-4-3-9(6-11(10)20(24)25)14(21)18-19-15(22)12-7-1-2-8(5-7)13(12)16(19)23/h1-4,6-8,12-13H,5H2,(H,18,21)/t7-,8+,12-,13-/m0/s1. The van der Waals surface area contributed by atoms with Gasteiger partial charge in [-0.15, -0.1) is 0 Å². The van der Waals surface area contributed by atoms with Crippen LogP contribution in [0.5, 0.6) is 0 Å². The summed E-state index contributed by atoms with van der Waals surface area (Å²) in [6.45, 7) is 0. The van der Waals surface area contributed by atoms with Crippen molar-refractivity contribution >= 4 is 35.0 Å². The number of hydrazine groups is 1. The highest BCUT2D eigenvalue weighted by Crippen LogP contribution is 2.52. The topological polar surface area (TPSA) is 110 Å². The van der Waals surface area contributed by atoms with E-state index in [1.807, 2.05) is 12.2 Å². The summed E-state index contributed by atoms with van der Waals surface area (Å²) in [5.41, 5.74) is 1.80. The van der Waals surface area contributed by atoms with Gasteiger partial charge in [-0.1, -0.05) is 23.8 Å². The fourth-order valence-electron chi connectivity index (χ4n) is 3.97. The normalized spacial score (nSPS) is 29.2. The number of carbonyl (C=O) groups is 3. The summed E-state index contributed by atoms with van der Waals surface area (Å²) in [6, 6.07) is 3.53. The van der Waals surface area contributed by atoms with Crippen molar-refractivity contribution in [2.75, 3.05) is 0 Å². The summed E-state index contributed by atoms with van der Waals surface area (Å²) < 4.78 is 0. The van der Waals surface area contributed by atoms with Gasteiger partial charge in [0.05, 0.1) is 16.8 Å². The monoisotopic (exact) mass is 361 g/mol. The molecule has 0 radical (unpaired) electrons. The van der Waals surface area contributed by atoms with Crippen LogP contribution < -0.4 is 5.43 Å². The first-order chi connectivity index (χ1) is 11.9. The van der Waals surface area contributed by atoms with E-state index in [-0.39, 0.29) is 22.4 Å². The Morgan fingerprint density at radius 3 is 2.36 bits per heavy atom. The van der Waals surface area contributed by atoms with E-state index in [0.29, 0.717) is 0 Å². The van der Waals surface area contributed by atoms with Gasteiger partial charge in [-0.25, -0.2) is 0 Å². The van der Waals surface area contributed by atoms with Crippen LogP contribution in [-0.4, -0.2) is 27.7 Å². The Labute approximate surface area is 146 Å². The molecule has 1 aromatic rings. The Bertz CT molecular complexity index is 837. The Balaban J connectivity index is 1.56. The maximum absolute atomic E-state index is 12.5. The summed E-state index contributed by atoms with van der Waals surface area (Å²) >= 11 is 5.72. The molecule has 8 nitrogen and oxygen atoms in total. The van der Waals surface area contributed by atoms with Gasteiger partial charge in [-0.05, 0) is 30.4 Å². The zero-order valence-electron chi connectivity index (χ0n) is 12.7. The van der Waals surface area contributed by atoms with Gasteiger partial charge in [0.25, 0.3) is 23.4 Å². The minimum absolute atomic E-state index is 0.0324. The number of fused-ring (bicyclic) bond motifs is 5. The molecule has 2 bridgehead atoms. The molecule has 2 fully saturated rings. The molecule has 128 valence electrons. The van der Waals surface area contributed by atoms with Crippen LogP contribution in [0.3, 0.4) is 0 Å². The third-order valence-corrected chi connectivity index (χ3v) is 5.41. The number of nitro benzene ring substituents is 1. The van der Waals surface area contributed by atoms with E-state index in [2.05, 4.69) is 5.43 Å². The van der Waals surface area contributed by atoms with Gasteiger partial charge in [-0.3, -0.25) is 29.9 Å². The highest BCUT2D eigenvalue weighted by Gasteiger charge is 2.59. The first-order valence-corrected chi connectivity index (χ1v) is 8.07. The highest BCUT2D eigenvalue weighted by atomic mass is 35.5. The number of allylic oxidation sites excluding steroid dienone is 2. The van der Waals surface area contributed by atoms with E-state index < -0.39 is 40.2 Å². The van der Waals surface area contributed by atoms with Crippen LogP contribution in [0, 0.1) is 33.8 Å². The molecule has 0 spiro atoms. The molecule has 4 rings (SSSR count). The zero-order chi connectivity index (χ0) is 17.9. The van der Waals surface area contributed by atoms with Gasteiger partial charge in [0.1, 0.15) is 5.02 Å². The molecule has 3 aliphatic rings. The van der Waals surface area contributed by atoms with Gasteiger partial charge in [0.15, 0.2) is 0 Å². The molecule has 0 aromatic heterocycles. The first-order valence-electron chi connectivity index (χ1n) is 7.69. The van der Waals surface area contributed by atoms with Crippen molar-refractivity contribution in [2.45, 2.75) is 6.42 Å². The lowest BCUT2D eigenvalue weighted by Gasteiger charge is -2.18. The van der Waals surface area contributed by atoms with Crippen molar-refractivity contribution in [3.8, 4) is 0 Å². The second-order valence-corrected chi connectivity index (χ2v) is 6.78. The molecule has 0 unspecified atom stereocenters. The highest BCUT2D eigenvalue weighted by molar-refractivity contribution is 6.32. The van der Waals surface area contributed by atoms with Gasteiger partial charge in [0, 0.05) is 11.6 Å². The number of nitrogens with one attached hydrogen (secondary N) is 1. The van der Waals surface area contributed by atoms with Crippen LogP contribution >= 0.6 is 11.6 Å². The number of nitrogens with zero attached hydrogens (tertiary/aromatic N) is 2. The maximum atomic E-state index is 12.5. The average molecular weight is 362 g/mol. The fourth-order valence-corrected chi connectivity index (χ4v) is 4.16. The van der Waals surface area contributed by atoms with Crippen molar-refractivity contribution in [1.29, 1.82) is 0 Å². The largest absolute Gasteiger partial charge is 0.288 e. The van der Waals surface area contributed by atoms with Crippen molar-refractivity contribution in [2.24, 2.45) is 23.7 Å². The predicted molar refractivity (Wildman–Crippen MR) is 85.1 cm³/mol. The SMILES string of the molecule is O=C(NN1C(=O)[C@@H]2[C@@H](C1=O)[C@H]1C=C[C@@H]2C1)c1ccc(Cl)c([N+](=O)[O-])c1. The van der Waals surface area contributed by atoms with Crippen LogP contribution in [0.2, 0.25) is 5.02 Å². The number of nitro groups is 1. The molecule has 25 heavy (non-hydrogen) atoms. The Morgan fingerprint density at radius 2 is 1.80 bits per heavy atom. The summed E-state index contributed by atoms with van der Waals surface area (Å²) in [7, 11) is 0. The number of carbonyl (C=O) groups excluding carboxylic acids is 3. The van der Waals surface area contributed by atoms with E-state index in [4.69, 9.17) is 11.6 Å². The minimum Gasteiger partial charge on any atom is -0.272 e. The fraction of sp³-hybridized carbons (Fsp3) is 0.312. The second kappa shape index (κ2) is 5.38. The zero-order valence-corrected chi connectivity index (χ0v) is 13.5. The number of hydrogen-bond donors (Lipinski definition) is 1. The summed E-state index contributed by atoms with van der Waals surface area (Å²) in [5, 5.41) is 11.6. The number of hydrogen-bond acceptors (Lipinski definition) is 5. The Kier molecular flexibility index (Phi) is 3.40. The van der Waals surface area contributed by atoms with Crippen LogP contribution in [0.15, 0.2) is 30.4 Å². The lowest BCUT2D eigenvalue weighted by molar-refractivity contribution is -0.384. The van der Waals surface area contributed by atoms with E-state index in [9.17, 15) is 24.5 Å². The van der Waals surface area contributed by atoms with Gasteiger partial charge < -0.3 is 0 Å². The Hall–Kier alpha value is -2.74. The van der Waals surface area contributed by atoms with E-state index in [1.165, 1.54) is 12.1 Å². The molecule has 4 atom stereocenters. The third-order valence-electron chi connectivity index (χ3n) is 5.09. The smallest absolute Gasteiger partial charge is 0.272 e. The third kappa shape index (κ3) is 2.25. The number of rotatable bonds is 3. The van der Waals surface area contributed by atoms with Crippen LogP contribution in [-0.2, 0) is 9.59 Å². The van der Waals surface area contributed by atoms with E-state index in [1.54, 1.807) is 0 Å². The van der Waals surface area contributed by atoms with Crippen molar-refractivity contribution in [3.63, 3.8) is 0 Å². The maximum Gasteiger partial charge on any atom is 0.288 e.